The maximum absolute atomic E-state index is 7.31. The molecule has 13 aromatic rings. The van der Waals surface area contributed by atoms with Crippen molar-refractivity contribution in [1.29, 1.82) is 0 Å². The van der Waals surface area contributed by atoms with E-state index < -0.39 is 5.41 Å². The number of fused-ring (bicyclic) bond motifs is 17. The molecule has 16 rings (SSSR count). The molecule has 0 bridgehead atoms. The van der Waals surface area contributed by atoms with E-state index >= 15 is 0 Å². The van der Waals surface area contributed by atoms with Crippen LogP contribution in [0.15, 0.2) is 265 Å². The Morgan fingerprint density at radius 3 is 1.63 bits per heavy atom. The van der Waals surface area contributed by atoms with Crippen LogP contribution in [0.1, 0.15) is 33.4 Å². The molecule has 0 amide bonds. The zero-order valence-corrected chi connectivity index (χ0v) is 42.7. The number of thiophene rings is 1. The number of benzene rings is 12. The average molecular weight is 1010 g/mol. The van der Waals surface area contributed by atoms with Gasteiger partial charge in [0.05, 0.1) is 31.3 Å². The SMILES string of the molecule is C1=Cc2c(cc(N(c3ccccc3)c3ccc4ccccc4c3)c3c2Sc2ccccc2O3)C2(c3cc4c(cc31)sc1c(N(c3ccccc3)c3ccc5ccccc5c3)cccc14)c1ccccc1-c1ccccc12. The summed E-state index contributed by atoms with van der Waals surface area (Å²) in [5.41, 5.74) is 15.7. The first-order chi connectivity index (χ1) is 37.7. The van der Waals surface area contributed by atoms with Crippen LogP contribution in [0.3, 0.4) is 0 Å². The van der Waals surface area contributed by atoms with E-state index in [0.717, 1.165) is 61.0 Å². The summed E-state index contributed by atoms with van der Waals surface area (Å²) >= 11 is 3.70. The highest BCUT2D eigenvalue weighted by molar-refractivity contribution is 7.99. The van der Waals surface area contributed by atoms with Crippen molar-refractivity contribution in [3.05, 3.63) is 288 Å². The molecule has 356 valence electrons. The first-order valence-electron chi connectivity index (χ1n) is 25.9. The molecule has 12 aromatic carbocycles. The predicted molar refractivity (Wildman–Crippen MR) is 321 cm³/mol. The zero-order valence-electron chi connectivity index (χ0n) is 41.0. The van der Waals surface area contributed by atoms with Crippen molar-refractivity contribution in [3.63, 3.8) is 0 Å². The molecular weight excluding hydrogens is 961 g/mol. The zero-order chi connectivity index (χ0) is 49.9. The Morgan fingerprint density at radius 1 is 0.382 bits per heavy atom. The monoisotopic (exact) mass is 1000 g/mol. The minimum Gasteiger partial charge on any atom is -0.453 e. The molecule has 2 aliphatic carbocycles. The van der Waals surface area contributed by atoms with Gasteiger partial charge in [-0.15, -0.1) is 11.3 Å². The topological polar surface area (TPSA) is 15.7 Å². The molecular formula is C71H44N2OS2. The molecule has 5 heteroatoms. The normalized spacial score (nSPS) is 13.4. The van der Waals surface area contributed by atoms with Gasteiger partial charge < -0.3 is 14.5 Å². The molecule has 0 saturated heterocycles. The van der Waals surface area contributed by atoms with Gasteiger partial charge in [-0.1, -0.05) is 194 Å². The third kappa shape index (κ3) is 6.43. The van der Waals surface area contributed by atoms with Crippen LogP contribution in [0, 0.1) is 0 Å². The van der Waals surface area contributed by atoms with Gasteiger partial charge in [0.1, 0.15) is 5.75 Å². The minimum absolute atomic E-state index is 0.740. The van der Waals surface area contributed by atoms with Crippen LogP contribution in [-0.2, 0) is 5.41 Å². The number of nitrogens with zero attached hydrogens (tertiary/aromatic N) is 2. The Bertz CT molecular complexity index is 4510. The number of hydrogen-bond donors (Lipinski definition) is 0. The lowest BCUT2D eigenvalue weighted by Gasteiger charge is -2.38. The molecule has 1 aliphatic heterocycles. The Hall–Kier alpha value is -9.13. The first-order valence-corrected chi connectivity index (χ1v) is 27.5. The van der Waals surface area contributed by atoms with Gasteiger partial charge in [0.2, 0.25) is 0 Å². The van der Waals surface area contributed by atoms with Crippen LogP contribution < -0.4 is 14.5 Å². The van der Waals surface area contributed by atoms with Gasteiger partial charge in [-0.25, -0.2) is 0 Å². The second-order valence-electron chi connectivity index (χ2n) is 19.9. The van der Waals surface area contributed by atoms with Gasteiger partial charge in [-0.3, -0.25) is 0 Å². The number of ether oxygens (including phenoxy) is 1. The van der Waals surface area contributed by atoms with Crippen LogP contribution in [-0.4, -0.2) is 0 Å². The van der Waals surface area contributed by atoms with Crippen LogP contribution in [0.4, 0.5) is 34.1 Å². The average Bonchev–Trinajstić information content (AvgIpc) is 4.16. The van der Waals surface area contributed by atoms with E-state index in [9.17, 15) is 0 Å². The highest BCUT2D eigenvalue weighted by atomic mass is 32.2. The minimum atomic E-state index is -0.740. The van der Waals surface area contributed by atoms with E-state index in [1.807, 2.05) is 23.1 Å². The van der Waals surface area contributed by atoms with Gasteiger partial charge in [-0.05, 0) is 151 Å². The standard InChI is InChI=1S/C71H44N2OS2/c1-3-22-50(23-4-1)72(52-37-34-45-18-7-9-20-47(45)40-52)63-31-17-28-56-58-43-61-49(42-67(58)76-69(56)63)36-39-57-62(71(61)59-29-13-11-26-54(59)55-27-12-14-30-60(55)71)44-64(68-70(57)75-66-33-16-15-32-65(66)74-68)73(51-24-5-2-6-25-51)53-38-35-46-19-8-10-21-48(46)41-53/h1-44H. The van der Waals surface area contributed by atoms with Gasteiger partial charge in [0, 0.05) is 38.2 Å². The fraction of sp³-hybridized carbons (Fsp3) is 0.0141. The molecule has 3 aliphatic rings. The van der Waals surface area contributed by atoms with E-state index in [1.54, 1.807) is 0 Å². The van der Waals surface area contributed by atoms with Crippen molar-refractivity contribution < 1.29 is 4.74 Å². The summed E-state index contributed by atoms with van der Waals surface area (Å²) in [7, 11) is 0. The van der Waals surface area contributed by atoms with Crippen LogP contribution in [0.5, 0.6) is 11.5 Å². The summed E-state index contributed by atoms with van der Waals surface area (Å²) in [5, 5.41) is 7.30. The van der Waals surface area contributed by atoms with E-state index in [-0.39, 0.29) is 0 Å². The fourth-order valence-corrected chi connectivity index (χ4v) is 14.9. The highest BCUT2D eigenvalue weighted by Crippen LogP contribution is 2.64. The maximum Gasteiger partial charge on any atom is 0.166 e. The van der Waals surface area contributed by atoms with E-state index in [0.29, 0.717) is 0 Å². The summed E-state index contributed by atoms with van der Waals surface area (Å²) in [6.45, 7) is 0. The summed E-state index contributed by atoms with van der Waals surface area (Å²) < 4.78 is 9.81. The molecule has 0 saturated carbocycles. The fourth-order valence-electron chi connectivity index (χ4n) is 12.6. The van der Waals surface area contributed by atoms with Gasteiger partial charge in [0.25, 0.3) is 0 Å². The second-order valence-corrected chi connectivity index (χ2v) is 22.0. The van der Waals surface area contributed by atoms with Crippen molar-refractivity contribution in [2.24, 2.45) is 0 Å². The van der Waals surface area contributed by atoms with Gasteiger partial charge in [0.15, 0.2) is 5.75 Å². The molecule has 2 heterocycles. The molecule has 0 unspecified atom stereocenters. The number of rotatable bonds is 6. The Labute approximate surface area is 448 Å². The highest BCUT2D eigenvalue weighted by Gasteiger charge is 2.50. The number of anilines is 6. The van der Waals surface area contributed by atoms with Crippen LogP contribution in [0.2, 0.25) is 0 Å². The summed E-state index contributed by atoms with van der Waals surface area (Å²) in [4.78, 5) is 7.05. The van der Waals surface area contributed by atoms with Crippen molar-refractivity contribution >= 4 is 111 Å². The first kappa shape index (κ1) is 43.3. The Kier molecular flexibility index (Phi) is 9.66. The molecule has 3 nitrogen and oxygen atoms in total. The molecule has 0 fully saturated rings. The summed E-state index contributed by atoms with van der Waals surface area (Å²) in [6.07, 6.45) is 4.78. The van der Waals surface area contributed by atoms with Crippen LogP contribution in [0.25, 0.3) is 65.0 Å². The molecule has 0 radical (unpaired) electrons. The predicted octanol–water partition coefficient (Wildman–Crippen LogP) is 20.4. The van der Waals surface area contributed by atoms with E-state index in [2.05, 4.69) is 277 Å². The quantitative estimate of drug-likeness (QED) is 0.165. The smallest absolute Gasteiger partial charge is 0.166 e. The Morgan fingerprint density at radius 2 is 0.961 bits per heavy atom. The van der Waals surface area contributed by atoms with Crippen molar-refractivity contribution in [3.8, 4) is 22.6 Å². The van der Waals surface area contributed by atoms with Crippen molar-refractivity contribution in [1.82, 2.24) is 0 Å². The van der Waals surface area contributed by atoms with E-state index in [4.69, 9.17) is 4.74 Å². The Balaban J connectivity index is 0.998. The van der Waals surface area contributed by atoms with Crippen LogP contribution >= 0.6 is 23.1 Å². The molecule has 1 spiro atoms. The molecule has 0 atom stereocenters. The third-order valence-corrected chi connectivity index (χ3v) is 18.2. The largest absolute Gasteiger partial charge is 0.453 e. The summed E-state index contributed by atoms with van der Waals surface area (Å²) in [6, 6.07) is 93.7. The van der Waals surface area contributed by atoms with Gasteiger partial charge in [-0.2, -0.15) is 0 Å². The van der Waals surface area contributed by atoms with Gasteiger partial charge >= 0.3 is 0 Å². The lowest BCUT2D eigenvalue weighted by atomic mass is 9.65. The third-order valence-electron chi connectivity index (χ3n) is 15.9. The molecule has 1 aromatic heterocycles. The number of hydrogen-bond acceptors (Lipinski definition) is 5. The summed E-state index contributed by atoms with van der Waals surface area (Å²) in [5.74, 6) is 1.71. The maximum atomic E-state index is 7.31. The van der Waals surface area contributed by atoms with E-state index in [1.165, 1.54) is 80.7 Å². The van der Waals surface area contributed by atoms with Crippen molar-refractivity contribution in [2.45, 2.75) is 15.2 Å². The second kappa shape index (κ2) is 17.0. The van der Waals surface area contributed by atoms with Crippen molar-refractivity contribution in [2.75, 3.05) is 9.80 Å². The molecule has 76 heavy (non-hydrogen) atoms. The number of para-hydroxylation sites is 3. The lowest BCUT2D eigenvalue weighted by molar-refractivity contribution is 0.455. The lowest BCUT2D eigenvalue weighted by Crippen LogP contribution is -2.30. The molecule has 0 N–H and O–H groups in total.